The summed E-state index contributed by atoms with van der Waals surface area (Å²) in [6, 6.07) is 4.55. The standard InChI is InChI=1S/C23H31NO9/c25-22-16-4-1-5-17(24-16)23(26)33-15-21-19(7-3-9-29-21)31-13-11-27-10-12-30-18-6-2-8-28-20(18)14-32-22/h1,4-5,18-21H,2-3,6-15H2/t18-,19-,20+,21+/m0/s1. The summed E-state index contributed by atoms with van der Waals surface area (Å²) in [7, 11) is 0. The average molecular weight is 465 g/mol. The molecule has 1 aromatic rings. The minimum Gasteiger partial charge on any atom is -0.458 e. The lowest BCUT2D eigenvalue weighted by molar-refractivity contribution is -0.138. The van der Waals surface area contributed by atoms with Crippen LogP contribution in [0, 0.1) is 0 Å². The summed E-state index contributed by atoms with van der Waals surface area (Å²) in [4.78, 5) is 29.2. The molecule has 0 N–H and O–H groups in total. The molecule has 0 unspecified atom stereocenters. The van der Waals surface area contributed by atoms with E-state index in [1.54, 1.807) is 6.07 Å². The number of nitrogens with zero attached hydrogens (tertiary/aromatic N) is 1. The van der Waals surface area contributed by atoms with Crippen LogP contribution in [0.5, 0.6) is 0 Å². The third-order valence-electron chi connectivity index (χ3n) is 5.80. The summed E-state index contributed by atoms with van der Waals surface area (Å²) < 4.78 is 39.8. The summed E-state index contributed by atoms with van der Waals surface area (Å²) in [5, 5.41) is 0. The number of carbonyl (C=O) groups is 2. The first-order chi connectivity index (χ1) is 16.2. The van der Waals surface area contributed by atoms with Gasteiger partial charge in [-0.1, -0.05) is 6.07 Å². The Kier molecular flexibility index (Phi) is 9.01. The van der Waals surface area contributed by atoms with Crippen molar-refractivity contribution in [1.29, 1.82) is 0 Å². The first kappa shape index (κ1) is 24.0. The number of fused-ring (bicyclic) bond motifs is 4. The number of ether oxygens (including phenoxy) is 7. The normalized spacial score (nSPS) is 30.8. The Hall–Kier alpha value is -2.11. The van der Waals surface area contributed by atoms with Gasteiger partial charge in [-0.15, -0.1) is 0 Å². The van der Waals surface area contributed by atoms with Crippen molar-refractivity contribution in [2.24, 2.45) is 0 Å². The van der Waals surface area contributed by atoms with E-state index in [1.165, 1.54) is 12.1 Å². The number of carbonyl (C=O) groups excluding carboxylic acids is 2. The second-order valence-corrected chi connectivity index (χ2v) is 8.14. The maximum absolute atomic E-state index is 12.5. The average Bonchev–Trinajstić information content (AvgIpc) is 2.86. The highest BCUT2D eigenvalue weighted by Crippen LogP contribution is 2.20. The number of esters is 2. The van der Waals surface area contributed by atoms with Gasteiger partial charge in [-0.05, 0) is 37.8 Å². The number of rotatable bonds is 0. The summed E-state index contributed by atoms with van der Waals surface area (Å²) in [5.74, 6) is -1.28. The molecule has 2 saturated heterocycles. The Morgan fingerprint density at radius 2 is 1.12 bits per heavy atom. The lowest BCUT2D eigenvalue weighted by atomic mass is 10.1. The van der Waals surface area contributed by atoms with E-state index < -0.39 is 11.9 Å². The Balaban J connectivity index is 1.44. The minimum absolute atomic E-state index is 0.0238. The third-order valence-corrected chi connectivity index (χ3v) is 5.80. The summed E-state index contributed by atoms with van der Waals surface area (Å²) in [6.45, 7) is 2.91. The smallest absolute Gasteiger partial charge is 0.357 e. The van der Waals surface area contributed by atoms with E-state index in [0.717, 1.165) is 25.7 Å². The second-order valence-electron chi connectivity index (χ2n) is 8.14. The van der Waals surface area contributed by atoms with Gasteiger partial charge in [0.25, 0.3) is 0 Å². The van der Waals surface area contributed by atoms with E-state index >= 15 is 0 Å². The highest BCUT2D eigenvalue weighted by molar-refractivity contribution is 5.91. The van der Waals surface area contributed by atoms with E-state index in [4.69, 9.17) is 33.2 Å². The molecule has 182 valence electrons. The largest absolute Gasteiger partial charge is 0.458 e. The maximum atomic E-state index is 12.5. The highest BCUT2D eigenvalue weighted by atomic mass is 16.6. The van der Waals surface area contributed by atoms with Gasteiger partial charge in [-0.2, -0.15) is 0 Å². The Morgan fingerprint density at radius 3 is 1.64 bits per heavy atom. The zero-order valence-corrected chi connectivity index (χ0v) is 18.6. The van der Waals surface area contributed by atoms with Crippen molar-refractivity contribution in [3.05, 3.63) is 29.6 Å². The zero-order chi connectivity index (χ0) is 22.9. The van der Waals surface area contributed by atoms with Gasteiger partial charge in [0, 0.05) is 13.2 Å². The van der Waals surface area contributed by atoms with Gasteiger partial charge in [-0.3, -0.25) is 0 Å². The van der Waals surface area contributed by atoms with Gasteiger partial charge in [0.15, 0.2) is 0 Å². The number of aromatic nitrogens is 1. The van der Waals surface area contributed by atoms with Crippen LogP contribution in [0.1, 0.15) is 46.7 Å². The van der Waals surface area contributed by atoms with Crippen LogP contribution < -0.4 is 0 Å². The van der Waals surface area contributed by atoms with Gasteiger partial charge in [0.05, 0.1) is 38.6 Å². The first-order valence-electron chi connectivity index (χ1n) is 11.6. The summed E-state index contributed by atoms with van der Waals surface area (Å²) in [6.07, 6.45) is 2.27. The number of hydrogen-bond acceptors (Lipinski definition) is 10. The van der Waals surface area contributed by atoms with Crippen molar-refractivity contribution in [3.63, 3.8) is 0 Å². The van der Waals surface area contributed by atoms with E-state index in [1.807, 2.05) is 0 Å². The van der Waals surface area contributed by atoms with Crippen LogP contribution in [0.2, 0.25) is 0 Å². The van der Waals surface area contributed by atoms with E-state index in [9.17, 15) is 9.59 Å². The van der Waals surface area contributed by atoms with Crippen LogP contribution in [0.15, 0.2) is 18.2 Å². The molecule has 0 saturated carbocycles. The molecular weight excluding hydrogens is 434 g/mol. The Bertz CT molecular complexity index is 730. The molecule has 4 heterocycles. The molecule has 33 heavy (non-hydrogen) atoms. The molecular formula is C23H31NO9. The van der Waals surface area contributed by atoms with Crippen LogP contribution in [-0.4, -0.2) is 94.2 Å². The molecule has 0 aliphatic carbocycles. The fraction of sp³-hybridized carbons (Fsp3) is 0.696. The van der Waals surface area contributed by atoms with Crippen molar-refractivity contribution in [3.8, 4) is 0 Å². The topological polar surface area (TPSA) is 112 Å². The van der Waals surface area contributed by atoms with Crippen molar-refractivity contribution in [2.75, 3.05) is 52.9 Å². The number of pyridine rings is 1. The molecule has 1 aromatic heterocycles. The third kappa shape index (κ3) is 6.94. The quantitative estimate of drug-likeness (QED) is 0.523. The van der Waals surface area contributed by atoms with Crippen LogP contribution in [0.25, 0.3) is 0 Å². The highest BCUT2D eigenvalue weighted by Gasteiger charge is 2.30. The van der Waals surface area contributed by atoms with Crippen molar-refractivity contribution < 1.29 is 42.7 Å². The molecule has 0 spiro atoms. The predicted molar refractivity (Wildman–Crippen MR) is 113 cm³/mol. The molecule has 0 amide bonds. The van der Waals surface area contributed by atoms with Crippen molar-refractivity contribution in [1.82, 2.24) is 4.98 Å². The van der Waals surface area contributed by atoms with E-state index in [0.29, 0.717) is 39.6 Å². The van der Waals surface area contributed by atoms with Crippen LogP contribution in [-0.2, 0) is 33.2 Å². The van der Waals surface area contributed by atoms with Crippen LogP contribution in [0.4, 0.5) is 0 Å². The fourth-order valence-corrected chi connectivity index (χ4v) is 4.06. The summed E-state index contributed by atoms with van der Waals surface area (Å²) >= 11 is 0. The number of hydrogen-bond donors (Lipinski definition) is 0. The Morgan fingerprint density at radius 1 is 0.636 bits per heavy atom. The van der Waals surface area contributed by atoms with Crippen molar-refractivity contribution in [2.45, 2.75) is 50.1 Å². The molecule has 0 radical (unpaired) electrons. The summed E-state index contributed by atoms with van der Waals surface area (Å²) in [5.41, 5.74) is 0.0475. The van der Waals surface area contributed by atoms with Crippen LogP contribution >= 0.6 is 0 Å². The Labute approximate surface area is 192 Å². The predicted octanol–water partition coefficient (Wildman–Crippen LogP) is 1.55. The molecule has 3 aliphatic heterocycles. The molecule has 4 rings (SSSR count). The fourth-order valence-electron chi connectivity index (χ4n) is 4.06. The lowest BCUT2D eigenvalue weighted by Crippen LogP contribution is -2.41. The molecule has 3 aliphatic rings. The molecule has 2 fully saturated rings. The molecule has 10 heteroatoms. The van der Waals surface area contributed by atoms with Gasteiger partial charge >= 0.3 is 11.9 Å². The monoisotopic (exact) mass is 465 g/mol. The lowest BCUT2D eigenvalue weighted by Gasteiger charge is -2.31. The van der Waals surface area contributed by atoms with Gasteiger partial charge in [0.2, 0.25) is 0 Å². The van der Waals surface area contributed by atoms with Crippen LogP contribution in [0.3, 0.4) is 0 Å². The zero-order valence-electron chi connectivity index (χ0n) is 18.6. The SMILES string of the molecule is O=C1OC[C@H]2OCCC[C@@H]2OCCOCCO[C@H]2CCCO[C@@H]2COC(=O)c2cccc1n2. The second kappa shape index (κ2) is 12.4. The minimum atomic E-state index is -0.639. The number of cyclic esters (lactones) is 2. The van der Waals surface area contributed by atoms with Crippen molar-refractivity contribution >= 4 is 11.9 Å². The first-order valence-corrected chi connectivity index (χ1v) is 11.6. The molecule has 4 atom stereocenters. The molecule has 0 aromatic carbocycles. The van der Waals surface area contributed by atoms with E-state index in [-0.39, 0.29) is 49.0 Å². The maximum Gasteiger partial charge on any atom is 0.357 e. The van der Waals surface area contributed by atoms with Gasteiger partial charge < -0.3 is 33.2 Å². The van der Waals surface area contributed by atoms with Gasteiger partial charge in [0.1, 0.15) is 36.8 Å². The molecule has 2 bridgehead atoms. The van der Waals surface area contributed by atoms with E-state index in [2.05, 4.69) is 4.98 Å². The molecule has 10 nitrogen and oxygen atoms in total. The van der Waals surface area contributed by atoms with Gasteiger partial charge in [-0.25, -0.2) is 14.6 Å².